The first-order chi connectivity index (χ1) is 12.9. The number of carbonyl (C=O) groups is 2. The van der Waals surface area contributed by atoms with Gasteiger partial charge in [0, 0.05) is 17.2 Å². The van der Waals surface area contributed by atoms with E-state index < -0.39 is 5.91 Å². The van der Waals surface area contributed by atoms with Crippen LogP contribution in [0.15, 0.2) is 12.3 Å². The molecule has 7 heteroatoms. The van der Waals surface area contributed by atoms with E-state index in [1.807, 2.05) is 6.92 Å². The third kappa shape index (κ3) is 3.18. The number of hydroxylamine groups is 1. The summed E-state index contributed by atoms with van der Waals surface area (Å²) in [6, 6.07) is 1.25. The summed E-state index contributed by atoms with van der Waals surface area (Å²) in [7, 11) is 1.51. The Balaban J connectivity index is 1.54. The van der Waals surface area contributed by atoms with Crippen LogP contribution in [0.3, 0.4) is 0 Å². The van der Waals surface area contributed by atoms with Gasteiger partial charge in [0.2, 0.25) is 11.8 Å². The normalized spacial score (nSPS) is 32.0. The maximum atomic E-state index is 13.3. The molecule has 146 valence electrons. The number of rotatable bonds is 5. The average Bonchev–Trinajstić information content (AvgIpc) is 2.65. The maximum Gasteiger partial charge on any atom is 0.276 e. The Morgan fingerprint density at radius 2 is 1.81 bits per heavy atom. The number of pyridine rings is 1. The molecular weight excluding hydrogens is 346 g/mol. The molecule has 7 nitrogen and oxygen atoms in total. The van der Waals surface area contributed by atoms with Gasteiger partial charge in [0.1, 0.15) is 0 Å². The highest BCUT2D eigenvalue weighted by atomic mass is 16.5. The summed E-state index contributed by atoms with van der Waals surface area (Å²) in [4.78, 5) is 29.1. The maximum absolute atomic E-state index is 13.3. The molecule has 0 aromatic carbocycles. The predicted octanol–water partition coefficient (Wildman–Crippen LogP) is 2.60. The molecule has 27 heavy (non-hydrogen) atoms. The number of aromatic nitrogens is 1. The van der Waals surface area contributed by atoms with Crippen molar-refractivity contribution in [1.82, 2.24) is 15.8 Å². The van der Waals surface area contributed by atoms with Gasteiger partial charge in [-0.25, -0.2) is 10.5 Å². The second-order valence-electron chi connectivity index (χ2n) is 8.66. The molecule has 4 fully saturated rings. The van der Waals surface area contributed by atoms with Crippen LogP contribution in [0.25, 0.3) is 0 Å². The predicted molar refractivity (Wildman–Crippen MR) is 97.2 cm³/mol. The highest BCUT2D eigenvalue weighted by Gasteiger charge is 2.54. The molecule has 4 saturated carbocycles. The van der Waals surface area contributed by atoms with Crippen molar-refractivity contribution in [3.63, 3.8) is 0 Å². The van der Waals surface area contributed by atoms with Gasteiger partial charge in [-0.3, -0.25) is 14.8 Å². The van der Waals surface area contributed by atoms with E-state index in [4.69, 9.17) is 9.94 Å². The van der Waals surface area contributed by atoms with E-state index in [2.05, 4.69) is 10.3 Å². The number of methoxy groups -OCH3 is 1. The average molecular weight is 373 g/mol. The lowest BCUT2D eigenvalue weighted by molar-refractivity contribution is -0.147. The number of hydrogen-bond donors (Lipinski definition) is 3. The van der Waals surface area contributed by atoms with E-state index in [0.717, 1.165) is 19.3 Å². The lowest BCUT2D eigenvalue weighted by Crippen LogP contribution is -2.53. The molecule has 4 aliphatic rings. The quantitative estimate of drug-likeness (QED) is 0.544. The Kier molecular flexibility index (Phi) is 4.58. The minimum atomic E-state index is -0.647. The molecule has 4 aliphatic carbocycles. The zero-order valence-electron chi connectivity index (χ0n) is 15.8. The molecular formula is C20H27N3O4. The van der Waals surface area contributed by atoms with Crippen LogP contribution in [0.1, 0.15) is 67.4 Å². The second-order valence-corrected chi connectivity index (χ2v) is 8.66. The van der Waals surface area contributed by atoms with Gasteiger partial charge in [-0.1, -0.05) is 0 Å². The van der Waals surface area contributed by atoms with Crippen molar-refractivity contribution in [2.45, 2.75) is 51.5 Å². The van der Waals surface area contributed by atoms with E-state index in [9.17, 15) is 9.59 Å². The Hall–Kier alpha value is -2.15. The topological polar surface area (TPSA) is 101 Å². The van der Waals surface area contributed by atoms with Gasteiger partial charge >= 0.3 is 0 Å². The fraction of sp³-hybridized carbons (Fsp3) is 0.650. The Bertz CT molecular complexity index is 728. The summed E-state index contributed by atoms with van der Waals surface area (Å²) in [5, 5.41) is 12.0. The second kappa shape index (κ2) is 6.78. The summed E-state index contributed by atoms with van der Waals surface area (Å²) in [6.45, 7) is 1.87. The smallest absolute Gasteiger partial charge is 0.276 e. The summed E-state index contributed by atoms with van der Waals surface area (Å²) in [5.41, 5.74) is 2.21. The van der Waals surface area contributed by atoms with Crippen molar-refractivity contribution in [2.24, 2.45) is 23.2 Å². The van der Waals surface area contributed by atoms with Gasteiger partial charge in [0.15, 0.2) is 0 Å². The van der Waals surface area contributed by atoms with E-state index >= 15 is 0 Å². The SMILES string of the molecule is COc1ncc(C(=O)NO)cc1[C@H](C)NC(=O)C12CC3CC(CC(C3)C1)C2. The highest BCUT2D eigenvalue weighted by molar-refractivity contribution is 5.93. The van der Waals surface area contributed by atoms with Crippen LogP contribution in [0, 0.1) is 23.2 Å². The molecule has 0 unspecified atom stereocenters. The summed E-state index contributed by atoms with van der Waals surface area (Å²) < 4.78 is 5.31. The molecule has 1 heterocycles. The number of nitrogens with zero attached hydrogens (tertiary/aromatic N) is 1. The number of amides is 2. The summed E-state index contributed by atoms with van der Waals surface area (Å²) >= 11 is 0. The van der Waals surface area contributed by atoms with E-state index in [1.54, 1.807) is 11.5 Å². The molecule has 1 aromatic heterocycles. The van der Waals surface area contributed by atoms with Gasteiger partial charge in [-0.15, -0.1) is 0 Å². The lowest BCUT2D eigenvalue weighted by Gasteiger charge is -2.55. The van der Waals surface area contributed by atoms with Crippen molar-refractivity contribution in [2.75, 3.05) is 7.11 Å². The monoisotopic (exact) mass is 373 g/mol. The summed E-state index contributed by atoms with van der Waals surface area (Å²) in [6.07, 6.45) is 8.20. The lowest BCUT2D eigenvalue weighted by atomic mass is 9.49. The third-order valence-electron chi connectivity index (χ3n) is 6.77. The molecule has 4 bridgehead atoms. The fourth-order valence-electron chi connectivity index (χ4n) is 5.95. The van der Waals surface area contributed by atoms with Crippen molar-refractivity contribution >= 4 is 11.8 Å². The van der Waals surface area contributed by atoms with Gasteiger partial charge in [0.05, 0.1) is 18.7 Å². The molecule has 0 aliphatic heterocycles. The molecule has 0 spiro atoms. The molecule has 2 amide bonds. The molecule has 0 saturated heterocycles. The van der Waals surface area contributed by atoms with Crippen LogP contribution in [-0.4, -0.2) is 29.1 Å². The number of hydrogen-bond acceptors (Lipinski definition) is 5. The number of nitrogens with one attached hydrogen (secondary N) is 2. The van der Waals surface area contributed by atoms with Crippen LogP contribution in [-0.2, 0) is 4.79 Å². The highest BCUT2D eigenvalue weighted by Crippen LogP contribution is 2.60. The number of carbonyl (C=O) groups excluding carboxylic acids is 2. The minimum Gasteiger partial charge on any atom is -0.481 e. The van der Waals surface area contributed by atoms with Crippen LogP contribution in [0.4, 0.5) is 0 Å². The fourth-order valence-corrected chi connectivity index (χ4v) is 5.95. The van der Waals surface area contributed by atoms with Crippen molar-refractivity contribution in [3.8, 4) is 5.88 Å². The van der Waals surface area contributed by atoms with E-state index in [1.165, 1.54) is 32.6 Å². The molecule has 0 radical (unpaired) electrons. The Labute approximate surface area is 158 Å². The molecule has 1 aromatic rings. The molecule has 3 N–H and O–H groups in total. The first-order valence-corrected chi connectivity index (χ1v) is 9.73. The standard InChI is InChI=1S/C20H27N3O4/c1-11(16-6-15(17(24)23-26)10-21-18(16)27-2)22-19(25)20-7-12-3-13(8-20)5-14(4-12)9-20/h6,10-14,26H,3-5,7-9H2,1-2H3,(H,22,25)(H,23,24)/t11-,12?,13?,14?,20?/m0/s1. The molecule has 1 atom stereocenters. The van der Waals surface area contributed by atoms with Gasteiger partial charge < -0.3 is 10.1 Å². The third-order valence-corrected chi connectivity index (χ3v) is 6.77. The van der Waals surface area contributed by atoms with Gasteiger partial charge in [-0.05, 0) is 69.3 Å². The van der Waals surface area contributed by atoms with Crippen molar-refractivity contribution in [1.29, 1.82) is 0 Å². The van der Waals surface area contributed by atoms with Crippen molar-refractivity contribution < 1.29 is 19.5 Å². The summed E-state index contributed by atoms with van der Waals surface area (Å²) in [5.74, 6) is 1.93. The van der Waals surface area contributed by atoms with Crippen LogP contribution >= 0.6 is 0 Å². The van der Waals surface area contributed by atoms with Crippen molar-refractivity contribution in [3.05, 3.63) is 23.4 Å². The largest absolute Gasteiger partial charge is 0.481 e. The molecule has 5 rings (SSSR count). The van der Waals surface area contributed by atoms with Gasteiger partial charge in [-0.2, -0.15) is 0 Å². The first-order valence-electron chi connectivity index (χ1n) is 9.73. The van der Waals surface area contributed by atoms with Crippen LogP contribution in [0.2, 0.25) is 0 Å². The van der Waals surface area contributed by atoms with E-state index in [0.29, 0.717) is 29.2 Å². The Morgan fingerprint density at radius 1 is 1.22 bits per heavy atom. The van der Waals surface area contributed by atoms with Gasteiger partial charge in [0.25, 0.3) is 5.91 Å². The van der Waals surface area contributed by atoms with Crippen LogP contribution < -0.4 is 15.5 Å². The van der Waals surface area contributed by atoms with E-state index in [-0.39, 0.29) is 22.9 Å². The number of ether oxygens (including phenoxy) is 1. The Morgan fingerprint density at radius 3 is 2.33 bits per heavy atom. The minimum absolute atomic E-state index is 0.119. The zero-order valence-corrected chi connectivity index (χ0v) is 15.8. The zero-order chi connectivity index (χ0) is 19.2. The van der Waals surface area contributed by atoms with Crippen LogP contribution in [0.5, 0.6) is 5.88 Å². The first kappa shape index (κ1) is 18.2.